The molecule has 7 heteroatoms. The third-order valence-corrected chi connectivity index (χ3v) is 7.72. The largest absolute Gasteiger partial charge is 0.496 e. The van der Waals surface area contributed by atoms with E-state index in [0.717, 1.165) is 47.2 Å². The summed E-state index contributed by atoms with van der Waals surface area (Å²) in [6.07, 6.45) is -2.10. The minimum atomic E-state index is -4.49. The number of aliphatic carboxylic acids is 1. The molecule has 3 aromatic carbocycles. The van der Waals surface area contributed by atoms with Crippen molar-refractivity contribution in [2.75, 3.05) is 20.2 Å². The van der Waals surface area contributed by atoms with Gasteiger partial charge in [-0.1, -0.05) is 67.9 Å². The van der Waals surface area contributed by atoms with Gasteiger partial charge in [-0.3, -0.25) is 9.69 Å². The number of ether oxygens (including phenoxy) is 1. The van der Waals surface area contributed by atoms with Crippen molar-refractivity contribution in [2.45, 2.75) is 64.6 Å². The fraction of sp³-hybridized carbons (Fsp3) is 0.424. The molecule has 1 saturated heterocycles. The second-order valence-electron chi connectivity index (χ2n) is 11.4. The molecule has 1 fully saturated rings. The maximum Gasteiger partial charge on any atom is 0.419 e. The SMILES string of the molecule is COc1ccc(CN2CCCC(c3cc(-c4ccc(C)cc4)cc(C(CC(C)C)C(=O)O)c3)C2)cc1C(F)(F)F. The van der Waals surface area contributed by atoms with E-state index in [9.17, 15) is 23.1 Å². The number of methoxy groups -OCH3 is 1. The van der Waals surface area contributed by atoms with Crippen molar-refractivity contribution in [3.63, 3.8) is 0 Å². The van der Waals surface area contributed by atoms with Crippen molar-refractivity contribution in [1.82, 2.24) is 4.90 Å². The number of benzene rings is 3. The predicted molar refractivity (Wildman–Crippen MR) is 152 cm³/mol. The molecule has 0 saturated carbocycles. The Bertz CT molecular complexity index is 1320. The van der Waals surface area contributed by atoms with Crippen molar-refractivity contribution in [1.29, 1.82) is 0 Å². The van der Waals surface area contributed by atoms with Crippen LogP contribution < -0.4 is 4.74 Å². The Morgan fingerprint density at radius 3 is 2.40 bits per heavy atom. The van der Waals surface area contributed by atoms with Crippen molar-refractivity contribution in [2.24, 2.45) is 5.92 Å². The Kier molecular flexibility index (Phi) is 9.24. The maximum absolute atomic E-state index is 13.6. The van der Waals surface area contributed by atoms with E-state index in [-0.39, 0.29) is 17.6 Å². The van der Waals surface area contributed by atoms with Crippen LogP contribution in [0.4, 0.5) is 13.2 Å². The van der Waals surface area contributed by atoms with Gasteiger partial charge in [0, 0.05) is 13.1 Å². The number of likely N-dealkylation sites (tertiary alicyclic amines) is 1. The third-order valence-electron chi connectivity index (χ3n) is 7.72. The first kappa shape index (κ1) is 29.7. The molecule has 1 aliphatic rings. The van der Waals surface area contributed by atoms with E-state index < -0.39 is 23.6 Å². The minimum Gasteiger partial charge on any atom is -0.496 e. The lowest BCUT2D eigenvalue weighted by Crippen LogP contribution is -2.34. The predicted octanol–water partition coefficient (Wildman–Crippen LogP) is 8.28. The summed E-state index contributed by atoms with van der Waals surface area (Å²) in [6, 6.07) is 18.7. The Morgan fingerprint density at radius 1 is 1.05 bits per heavy atom. The Labute approximate surface area is 234 Å². The molecule has 0 spiro atoms. The highest BCUT2D eigenvalue weighted by Gasteiger charge is 2.35. The first-order chi connectivity index (χ1) is 18.9. The van der Waals surface area contributed by atoms with Crippen LogP contribution >= 0.6 is 0 Å². The van der Waals surface area contributed by atoms with Crippen molar-refractivity contribution in [3.8, 4) is 16.9 Å². The molecule has 0 amide bonds. The van der Waals surface area contributed by atoms with Crippen molar-refractivity contribution < 1.29 is 27.8 Å². The molecule has 1 heterocycles. The van der Waals surface area contributed by atoms with Gasteiger partial charge in [0.25, 0.3) is 0 Å². The molecular weight excluding hydrogens is 515 g/mol. The highest BCUT2D eigenvalue weighted by atomic mass is 19.4. The molecule has 2 unspecified atom stereocenters. The molecule has 0 bridgehead atoms. The molecule has 4 rings (SSSR count). The van der Waals surface area contributed by atoms with E-state index >= 15 is 0 Å². The summed E-state index contributed by atoms with van der Waals surface area (Å²) in [5, 5.41) is 10.1. The topological polar surface area (TPSA) is 49.8 Å². The number of halogens is 3. The van der Waals surface area contributed by atoms with E-state index in [2.05, 4.69) is 35.2 Å². The van der Waals surface area contributed by atoms with Crippen LogP contribution in [0.2, 0.25) is 0 Å². The van der Waals surface area contributed by atoms with Crippen LogP contribution in [0.15, 0.2) is 60.7 Å². The molecule has 40 heavy (non-hydrogen) atoms. The summed E-state index contributed by atoms with van der Waals surface area (Å²) in [7, 11) is 1.24. The second kappa shape index (κ2) is 12.5. The molecule has 1 N–H and O–H groups in total. The third kappa shape index (κ3) is 7.25. The zero-order chi connectivity index (χ0) is 29.0. The number of nitrogens with zero attached hydrogens (tertiary/aromatic N) is 1. The summed E-state index contributed by atoms with van der Waals surface area (Å²) in [6.45, 7) is 7.97. The molecule has 4 nitrogen and oxygen atoms in total. The number of rotatable bonds is 9. The molecular formula is C33H38F3NO3. The van der Waals surface area contributed by atoms with E-state index in [1.807, 2.05) is 32.9 Å². The fourth-order valence-electron chi connectivity index (χ4n) is 5.68. The van der Waals surface area contributed by atoms with Crippen LogP contribution in [0.5, 0.6) is 5.75 Å². The van der Waals surface area contributed by atoms with Crippen LogP contribution in [0.25, 0.3) is 11.1 Å². The summed E-state index contributed by atoms with van der Waals surface area (Å²) < 4.78 is 45.7. The van der Waals surface area contributed by atoms with Gasteiger partial charge in [-0.2, -0.15) is 13.2 Å². The number of hydrogen-bond acceptors (Lipinski definition) is 3. The lowest BCUT2D eigenvalue weighted by molar-refractivity contribution is -0.140. The molecule has 0 aromatic heterocycles. The zero-order valence-corrected chi connectivity index (χ0v) is 23.6. The second-order valence-corrected chi connectivity index (χ2v) is 11.4. The monoisotopic (exact) mass is 553 g/mol. The summed E-state index contributed by atoms with van der Waals surface area (Å²) >= 11 is 0. The Hall–Kier alpha value is -3.32. The maximum atomic E-state index is 13.6. The van der Waals surface area contributed by atoms with Crippen LogP contribution in [0.3, 0.4) is 0 Å². The number of carboxylic acid groups (broad SMARTS) is 1. The van der Waals surface area contributed by atoms with Gasteiger partial charge in [-0.15, -0.1) is 0 Å². The van der Waals surface area contributed by atoms with Gasteiger partial charge in [0.15, 0.2) is 0 Å². The van der Waals surface area contributed by atoms with Gasteiger partial charge in [0.05, 0.1) is 18.6 Å². The van der Waals surface area contributed by atoms with Gasteiger partial charge in [0.1, 0.15) is 5.75 Å². The fourth-order valence-corrected chi connectivity index (χ4v) is 5.68. The highest BCUT2D eigenvalue weighted by Crippen LogP contribution is 2.38. The molecule has 2 atom stereocenters. The number of alkyl halides is 3. The van der Waals surface area contributed by atoms with E-state index in [4.69, 9.17) is 4.74 Å². The number of hydrogen-bond donors (Lipinski definition) is 1. The summed E-state index contributed by atoms with van der Waals surface area (Å²) in [5.41, 5.74) is 4.89. The van der Waals surface area contributed by atoms with Gasteiger partial charge >= 0.3 is 12.1 Å². The normalized spacial score (nSPS) is 17.1. The lowest BCUT2D eigenvalue weighted by atomic mass is 9.83. The Balaban J connectivity index is 1.65. The summed E-state index contributed by atoms with van der Waals surface area (Å²) in [4.78, 5) is 14.5. The van der Waals surface area contributed by atoms with E-state index in [1.54, 1.807) is 6.07 Å². The van der Waals surface area contributed by atoms with Gasteiger partial charge in [0.2, 0.25) is 0 Å². The van der Waals surface area contributed by atoms with E-state index in [0.29, 0.717) is 25.1 Å². The molecule has 0 aliphatic carbocycles. The van der Waals surface area contributed by atoms with Gasteiger partial charge in [-0.05, 0) is 84.5 Å². The first-order valence-electron chi connectivity index (χ1n) is 13.9. The number of carbonyl (C=O) groups is 1. The van der Waals surface area contributed by atoms with Crippen LogP contribution in [-0.4, -0.2) is 36.2 Å². The lowest BCUT2D eigenvalue weighted by Gasteiger charge is -2.34. The highest BCUT2D eigenvalue weighted by molar-refractivity contribution is 5.77. The van der Waals surface area contributed by atoms with Crippen molar-refractivity contribution >= 4 is 5.97 Å². The van der Waals surface area contributed by atoms with Gasteiger partial charge in [-0.25, -0.2) is 0 Å². The number of piperidine rings is 1. The van der Waals surface area contributed by atoms with Crippen molar-refractivity contribution in [3.05, 3.63) is 88.5 Å². The standard InChI is InChI=1S/C33H38F3NO3/c1-21(2)14-29(32(38)39)28-17-26(24-10-7-22(3)8-11-24)16-27(18-28)25-6-5-13-37(20-25)19-23-9-12-31(40-4)30(15-23)33(34,35)36/h7-12,15-18,21,25,29H,5-6,13-14,19-20H2,1-4H3,(H,38,39). The molecule has 1 aliphatic heterocycles. The summed E-state index contributed by atoms with van der Waals surface area (Å²) in [5.74, 6) is -1.24. The van der Waals surface area contributed by atoms with Crippen LogP contribution in [0, 0.1) is 12.8 Å². The number of carboxylic acids is 1. The van der Waals surface area contributed by atoms with Crippen LogP contribution in [0.1, 0.15) is 72.8 Å². The quantitative estimate of drug-likeness (QED) is 0.290. The smallest absolute Gasteiger partial charge is 0.419 e. The average Bonchev–Trinajstić information content (AvgIpc) is 2.91. The first-order valence-corrected chi connectivity index (χ1v) is 13.9. The molecule has 3 aromatic rings. The molecule has 214 valence electrons. The number of aryl methyl sites for hydroxylation is 1. The molecule has 0 radical (unpaired) electrons. The average molecular weight is 554 g/mol. The Morgan fingerprint density at radius 2 is 1.77 bits per heavy atom. The van der Waals surface area contributed by atoms with Crippen LogP contribution in [-0.2, 0) is 17.5 Å². The van der Waals surface area contributed by atoms with Gasteiger partial charge < -0.3 is 9.84 Å². The zero-order valence-electron chi connectivity index (χ0n) is 23.6. The van der Waals surface area contributed by atoms with E-state index in [1.165, 1.54) is 19.2 Å². The minimum absolute atomic E-state index is 0.145.